The topological polar surface area (TPSA) is 9.23 Å². The standard InChI is InChI=1S/C26H48O/c1-3-5-6-8-22-11-17-25(18-12-22)27-26-19-15-24(16-20-26)23-13-9-21(7-4-2)10-14-23/h21-26H,3-20H2,1-2H3. The summed E-state index contributed by atoms with van der Waals surface area (Å²) in [6.07, 6.45) is 27.1. The van der Waals surface area contributed by atoms with E-state index in [1.807, 2.05) is 0 Å². The van der Waals surface area contributed by atoms with Gasteiger partial charge in [-0.05, 0) is 87.9 Å². The van der Waals surface area contributed by atoms with Gasteiger partial charge in [0.05, 0.1) is 12.2 Å². The van der Waals surface area contributed by atoms with Crippen molar-refractivity contribution in [1.82, 2.24) is 0 Å². The van der Waals surface area contributed by atoms with E-state index in [1.165, 1.54) is 116 Å². The minimum Gasteiger partial charge on any atom is -0.375 e. The Morgan fingerprint density at radius 2 is 1.00 bits per heavy atom. The molecular weight excluding hydrogens is 328 g/mol. The van der Waals surface area contributed by atoms with Crippen molar-refractivity contribution in [3.05, 3.63) is 0 Å². The first-order chi connectivity index (χ1) is 13.3. The summed E-state index contributed by atoms with van der Waals surface area (Å²) in [5.41, 5.74) is 0. The van der Waals surface area contributed by atoms with Crippen LogP contribution in [-0.2, 0) is 4.74 Å². The van der Waals surface area contributed by atoms with Crippen LogP contribution in [0, 0.1) is 23.7 Å². The Morgan fingerprint density at radius 3 is 1.56 bits per heavy atom. The minimum absolute atomic E-state index is 0.596. The first-order valence-corrected chi connectivity index (χ1v) is 12.9. The van der Waals surface area contributed by atoms with E-state index in [-0.39, 0.29) is 0 Å². The van der Waals surface area contributed by atoms with Gasteiger partial charge in [-0.1, -0.05) is 65.2 Å². The second kappa shape index (κ2) is 11.8. The van der Waals surface area contributed by atoms with Gasteiger partial charge >= 0.3 is 0 Å². The number of hydrogen-bond donors (Lipinski definition) is 0. The van der Waals surface area contributed by atoms with Crippen LogP contribution in [-0.4, -0.2) is 12.2 Å². The maximum atomic E-state index is 6.59. The van der Waals surface area contributed by atoms with Gasteiger partial charge in [0.15, 0.2) is 0 Å². The average molecular weight is 377 g/mol. The lowest BCUT2D eigenvalue weighted by molar-refractivity contribution is -0.0612. The highest BCUT2D eigenvalue weighted by Gasteiger charge is 2.32. The monoisotopic (exact) mass is 376 g/mol. The third-order valence-corrected chi connectivity index (χ3v) is 8.37. The highest BCUT2D eigenvalue weighted by atomic mass is 16.5. The summed E-state index contributed by atoms with van der Waals surface area (Å²) in [6.45, 7) is 4.67. The van der Waals surface area contributed by atoms with Crippen LogP contribution in [0.2, 0.25) is 0 Å². The summed E-state index contributed by atoms with van der Waals surface area (Å²) in [4.78, 5) is 0. The molecule has 0 amide bonds. The third kappa shape index (κ3) is 7.06. The summed E-state index contributed by atoms with van der Waals surface area (Å²) in [6, 6.07) is 0. The van der Waals surface area contributed by atoms with E-state index in [9.17, 15) is 0 Å². The molecule has 27 heavy (non-hydrogen) atoms. The van der Waals surface area contributed by atoms with Gasteiger partial charge in [-0.15, -0.1) is 0 Å². The predicted octanol–water partition coefficient (Wildman–Crippen LogP) is 8.31. The maximum absolute atomic E-state index is 6.59. The van der Waals surface area contributed by atoms with Crippen molar-refractivity contribution in [2.75, 3.05) is 0 Å². The largest absolute Gasteiger partial charge is 0.375 e. The Labute approximate surface area is 170 Å². The van der Waals surface area contributed by atoms with Crippen molar-refractivity contribution >= 4 is 0 Å². The Bertz CT molecular complexity index is 368. The zero-order valence-electron chi connectivity index (χ0n) is 18.6. The second-order valence-electron chi connectivity index (χ2n) is 10.4. The molecule has 1 nitrogen and oxygen atoms in total. The molecule has 3 saturated carbocycles. The van der Waals surface area contributed by atoms with Crippen LogP contribution >= 0.6 is 0 Å². The molecule has 0 unspecified atom stereocenters. The lowest BCUT2D eigenvalue weighted by atomic mass is 9.70. The van der Waals surface area contributed by atoms with Gasteiger partial charge in [-0.2, -0.15) is 0 Å². The molecule has 0 N–H and O–H groups in total. The summed E-state index contributed by atoms with van der Waals surface area (Å²) in [5.74, 6) is 4.15. The first kappa shape index (κ1) is 21.7. The van der Waals surface area contributed by atoms with Crippen molar-refractivity contribution in [2.45, 2.75) is 142 Å². The highest BCUT2D eigenvalue weighted by Crippen LogP contribution is 2.42. The average Bonchev–Trinajstić information content (AvgIpc) is 2.71. The fraction of sp³-hybridized carbons (Fsp3) is 1.00. The van der Waals surface area contributed by atoms with Crippen molar-refractivity contribution < 1.29 is 4.74 Å². The van der Waals surface area contributed by atoms with Crippen LogP contribution in [0.25, 0.3) is 0 Å². The molecule has 158 valence electrons. The van der Waals surface area contributed by atoms with E-state index < -0.39 is 0 Å². The van der Waals surface area contributed by atoms with Crippen LogP contribution in [0.15, 0.2) is 0 Å². The summed E-state index contributed by atoms with van der Waals surface area (Å²) < 4.78 is 6.59. The zero-order valence-corrected chi connectivity index (χ0v) is 18.6. The number of hydrogen-bond acceptors (Lipinski definition) is 1. The first-order valence-electron chi connectivity index (χ1n) is 12.9. The fourth-order valence-electron chi connectivity index (χ4n) is 6.56. The van der Waals surface area contributed by atoms with Crippen LogP contribution in [0.3, 0.4) is 0 Å². The molecule has 0 saturated heterocycles. The van der Waals surface area contributed by atoms with E-state index >= 15 is 0 Å². The van der Waals surface area contributed by atoms with E-state index in [1.54, 1.807) is 0 Å². The maximum Gasteiger partial charge on any atom is 0.0579 e. The SMILES string of the molecule is CCCCCC1CCC(OC2CCC(C3CCC(CCC)CC3)CC2)CC1. The van der Waals surface area contributed by atoms with E-state index in [2.05, 4.69) is 13.8 Å². The van der Waals surface area contributed by atoms with Crippen molar-refractivity contribution in [2.24, 2.45) is 23.7 Å². The van der Waals surface area contributed by atoms with Gasteiger partial charge in [0.25, 0.3) is 0 Å². The van der Waals surface area contributed by atoms with Crippen molar-refractivity contribution in [1.29, 1.82) is 0 Å². The molecule has 0 aromatic heterocycles. The zero-order chi connectivity index (χ0) is 18.9. The molecule has 3 fully saturated rings. The normalized spacial score (nSPS) is 38.0. The van der Waals surface area contributed by atoms with Crippen molar-refractivity contribution in [3.63, 3.8) is 0 Å². The summed E-state index contributed by atoms with van der Waals surface area (Å²) >= 11 is 0. The van der Waals surface area contributed by atoms with Crippen molar-refractivity contribution in [3.8, 4) is 0 Å². The predicted molar refractivity (Wildman–Crippen MR) is 117 cm³/mol. The molecular formula is C26H48O. The van der Waals surface area contributed by atoms with Gasteiger partial charge in [0, 0.05) is 0 Å². The minimum atomic E-state index is 0.596. The smallest absolute Gasteiger partial charge is 0.0579 e. The molecule has 0 spiro atoms. The lowest BCUT2D eigenvalue weighted by Gasteiger charge is -2.39. The van der Waals surface area contributed by atoms with E-state index in [4.69, 9.17) is 4.74 Å². The number of unbranched alkanes of at least 4 members (excludes halogenated alkanes) is 2. The van der Waals surface area contributed by atoms with Gasteiger partial charge in [0.1, 0.15) is 0 Å². The van der Waals surface area contributed by atoms with Crippen LogP contribution in [0.4, 0.5) is 0 Å². The Kier molecular flexibility index (Phi) is 9.50. The van der Waals surface area contributed by atoms with Crippen LogP contribution in [0.1, 0.15) is 129 Å². The van der Waals surface area contributed by atoms with Gasteiger partial charge in [-0.25, -0.2) is 0 Å². The molecule has 0 bridgehead atoms. The number of ether oxygens (including phenoxy) is 1. The Hall–Kier alpha value is -0.0400. The quantitative estimate of drug-likeness (QED) is 0.368. The molecule has 3 rings (SSSR count). The summed E-state index contributed by atoms with van der Waals surface area (Å²) in [5, 5.41) is 0. The molecule has 0 aromatic carbocycles. The van der Waals surface area contributed by atoms with Gasteiger partial charge in [0.2, 0.25) is 0 Å². The Balaban J connectivity index is 1.28. The Morgan fingerprint density at radius 1 is 0.519 bits per heavy atom. The molecule has 0 aliphatic heterocycles. The molecule has 3 aliphatic rings. The fourth-order valence-corrected chi connectivity index (χ4v) is 6.56. The van der Waals surface area contributed by atoms with E-state index in [0.29, 0.717) is 12.2 Å². The number of rotatable bonds is 9. The molecule has 1 heteroatoms. The third-order valence-electron chi connectivity index (χ3n) is 8.37. The van der Waals surface area contributed by atoms with E-state index in [0.717, 1.165) is 23.7 Å². The highest BCUT2D eigenvalue weighted by molar-refractivity contribution is 4.83. The summed E-state index contributed by atoms with van der Waals surface area (Å²) in [7, 11) is 0. The van der Waals surface area contributed by atoms with Gasteiger partial charge < -0.3 is 4.74 Å². The molecule has 0 aromatic rings. The molecule has 0 atom stereocenters. The molecule has 0 radical (unpaired) electrons. The second-order valence-corrected chi connectivity index (χ2v) is 10.4. The lowest BCUT2D eigenvalue weighted by Crippen LogP contribution is -2.32. The molecule has 3 aliphatic carbocycles. The van der Waals surface area contributed by atoms with Crippen LogP contribution in [0.5, 0.6) is 0 Å². The van der Waals surface area contributed by atoms with Gasteiger partial charge in [-0.3, -0.25) is 0 Å². The van der Waals surface area contributed by atoms with Crippen LogP contribution < -0.4 is 0 Å². The molecule has 0 heterocycles.